The molecule has 1 aliphatic heterocycles. The number of nitrogens with one attached hydrogen (secondary N) is 2. The van der Waals surface area contributed by atoms with E-state index in [2.05, 4.69) is 49.5 Å². The lowest BCUT2D eigenvalue weighted by Gasteiger charge is -2.21. The molecule has 4 aromatic rings. The SMILES string of the molecule is CC(C)c1ccnnc1OC1CO[C@](C)(c2cc(Nc3nccc4ncsc34)n[nH]2)C1. The van der Waals surface area contributed by atoms with Gasteiger partial charge in [-0.3, -0.25) is 5.10 Å². The fraction of sp³-hybridized carbons (Fsp3) is 0.381. The second kappa shape index (κ2) is 7.86. The molecule has 4 aromatic heterocycles. The first kappa shape index (κ1) is 19.8. The highest BCUT2D eigenvalue weighted by atomic mass is 32.1. The average molecular weight is 438 g/mol. The summed E-state index contributed by atoms with van der Waals surface area (Å²) in [6.45, 7) is 6.73. The van der Waals surface area contributed by atoms with Gasteiger partial charge < -0.3 is 14.8 Å². The Hall–Kier alpha value is -3.11. The highest BCUT2D eigenvalue weighted by Gasteiger charge is 2.41. The number of nitrogens with zero attached hydrogens (tertiary/aromatic N) is 5. The maximum absolute atomic E-state index is 6.16. The molecule has 5 rings (SSSR count). The Labute approximate surface area is 183 Å². The molecule has 1 saturated heterocycles. The molecule has 0 spiro atoms. The summed E-state index contributed by atoms with van der Waals surface area (Å²) in [5.41, 5.74) is 4.10. The van der Waals surface area contributed by atoms with Crippen molar-refractivity contribution in [2.24, 2.45) is 0 Å². The third-order valence-corrected chi connectivity index (χ3v) is 6.31. The van der Waals surface area contributed by atoms with Gasteiger partial charge in [0, 0.05) is 24.2 Å². The largest absolute Gasteiger partial charge is 0.470 e. The highest BCUT2D eigenvalue weighted by molar-refractivity contribution is 7.17. The van der Waals surface area contributed by atoms with Crippen LogP contribution in [0.25, 0.3) is 10.2 Å². The molecule has 0 saturated carbocycles. The number of hydrogen-bond donors (Lipinski definition) is 2. The van der Waals surface area contributed by atoms with Crippen LogP contribution >= 0.6 is 11.3 Å². The first-order valence-electron chi connectivity index (χ1n) is 10.1. The van der Waals surface area contributed by atoms with Gasteiger partial charge in [0.15, 0.2) is 11.6 Å². The van der Waals surface area contributed by atoms with Gasteiger partial charge in [-0.25, -0.2) is 9.97 Å². The summed E-state index contributed by atoms with van der Waals surface area (Å²) < 4.78 is 13.3. The van der Waals surface area contributed by atoms with Gasteiger partial charge in [0.2, 0.25) is 5.88 Å². The summed E-state index contributed by atoms with van der Waals surface area (Å²) in [5.74, 6) is 2.29. The third kappa shape index (κ3) is 3.84. The number of rotatable bonds is 6. The minimum atomic E-state index is -0.540. The van der Waals surface area contributed by atoms with Crippen molar-refractivity contribution in [2.45, 2.75) is 44.8 Å². The molecule has 0 aliphatic carbocycles. The maximum Gasteiger partial charge on any atom is 0.237 e. The zero-order valence-corrected chi connectivity index (χ0v) is 18.3. The van der Waals surface area contributed by atoms with Crippen LogP contribution in [-0.2, 0) is 10.3 Å². The monoisotopic (exact) mass is 437 g/mol. The van der Waals surface area contributed by atoms with Gasteiger partial charge in [-0.05, 0) is 25.0 Å². The van der Waals surface area contributed by atoms with E-state index in [0.29, 0.717) is 30.6 Å². The van der Waals surface area contributed by atoms with Gasteiger partial charge in [-0.15, -0.1) is 16.4 Å². The van der Waals surface area contributed by atoms with Crippen molar-refractivity contribution in [3.8, 4) is 5.88 Å². The van der Waals surface area contributed by atoms with Crippen LogP contribution in [0.15, 0.2) is 36.1 Å². The van der Waals surface area contributed by atoms with Crippen LogP contribution in [0.3, 0.4) is 0 Å². The molecule has 0 aromatic carbocycles. The predicted octanol–water partition coefficient (Wildman–Crippen LogP) is 4.15. The Kier molecular flexibility index (Phi) is 5.03. The number of ether oxygens (including phenoxy) is 2. The Balaban J connectivity index is 1.30. The van der Waals surface area contributed by atoms with Gasteiger partial charge in [0.1, 0.15) is 11.7 Å². The fourth-order valence-electron chi connectivity index (χ4n) is 3.77. The zero-order valence-electron chi connectivity index (χ0n) is 17.5. The van der Waals surface area contributed by atoms with Crippen LogP contribution < -0.4 is 10.1 Å². The fourth-order valence-corrected chi connectivity index (χ4v) is 4.50. The lowest BCUT2D eigenvalue weighted by molar-refractivity contribution is 0.00996. The molecular formula is C21H23N7O2S. The van der Waals surface area contributed by atoms with Crippen LogP contribution in [-0.4, -0.2) is 43.1 Å². The highest BCUT2D eigenvalue weighted by Crippen LogP contribution is 2.38. The van der Waals surface area contributed by atoms with E-state index in [1.807, 2.05) is 30.6 Å². The molecule has 0 radical (unpaired) electrons. The Bertz CT molecular complexity index is 1210. The first-order chi connectivity index (χ1) is 15.0. The Morgan fingerprint density at radius 1 is 1.29 bits per heavy atom. The average Bonchev–Trinajstić information content (AvgIpc) is 3.49. The Morgan fingerprint density at radius 2 is 2.19 bits per heavy atom. The van der Waals surface area contributed by atoms with E-state index in [4.69, 9.17) is 9.47 Å². The van der Waals surface area contributed by atoms with E-state index in [9.17, 15) is 0 Å². The molecule has 10 heteroatoms. The van der Waals surface area contributed by atoms with E-state index in [0.717, 1.165) is 27.3 Å². The van der Waals surface area contributed by atoms with Crippen molar-refractivity contribution in [3.63, 3.8) is 0 Å². The lowest BCUT2D eigenvalue weighted by atomic mass is 9.97. The van der Waals surface area contributed by atoms with Crippen molar-refractivity contribution < 1.29 is 9.47 Å². The number of thiazole rings is 1. The van der Waals surface area contributed by atoms with Gasteiger partial charge in [0.25, 0.3) is 0 Å². The number of anilines is 2. The molecule has 160 valence electrons. The summed E-state index contributed by atoms with van der Waals surface area (Å²) in [6.07, 6.45) is 3.98. The third-order valence-electron chi connectivity index (χ3n) is 5.46. The normalized spacial score (nSPS) is 21.1. The van der Waals surface area contributed by atoms with E-state index in [-0.39, 0.29) is 6.10 Å². The zero-order chi connectivity index (χ0) is 21.4. The minimum Gasteiger partial charge on any atom is -0.470 e. The summed E-state index contributed by atoms with van der Waals surface area (Å²) in [5, 5.41) is 18.9. The Morgan fingerprint density at radius 3 is 3.06 bits per heavy atom. The molecule has 1 aliphatic rings. The molecule has 0 amide bonds. The van der Waals surface area contributed by atoms with Crippen LogP contribution in [0.1, 0.15) is 44.4 Å². The van der Waals surface area contributed by atoms with Gasteiger partial charge in [-0.2, -0.15) is 10.2 Å². The topological polar surface area (TPSA) is 111 Å². The summed E-state index contributed by atoms with van der Waals surface area (Å²) in [6, 6.07) is 5.79. The number of fused-ring (bicyclic) bond motifs is 1. The summed E-state index contributed by atoms with van der Waals surface area (Å²) >= 11 is 1.54. The molecular weight excluding hydrogens is 414 g/mol. The van der Waals surface area contributed by atoms with Gasteiger partial charge in [0.05, 0.1) is 34.2 Å². The second-order valence-electron chi connectivity index (χ2n) is 8.08. The number of aromatic amines is 1. The number of H-pyrrole nitrogens is 1. The van der Waals surface area contributed by atoms with E-state index in [1.54, 1.807) is 23.7 Å². The van der Waals surface area contributed by atoms with Crippen molar-refractivity contribution in [1.29, 1.82) is 0 Å². The molecule has 1 fully saturated rings. The quantitative estimate of drug-likeness (QED) is 0.463. The molecule has 1 unspecified atom stereocenters. The van der Waals surface area contributed by atoms with Crippen molar-refractivity contribution in [3.05, 3.63) is 47.4 Å². The maximum atomic E-state index is 6.16. The van der Waals surface area contributed by atoms with E-state index < -0.39 is 5.60 Å². The van der Waals surface area contributed by atoms with Crippen molar-refractivity contribution in [2.75, 3.05) is 11.9 Å². The number of hydrogen-bond acceptors (Lipinski definition) is 9. The van der Waals surface area contributed by atoms with Crippen LogP contribution in [0.4, 0.5) is 11.6 Å². The predicted molar refractivity (Wildman–Crippen MR) is 118 cm³/mol. The van der Waals surface area contributed by atoms with E-state index in [1.165, 1.54) is 0 Å². The number of aromatic nitrogens is 6. The molecule has 9 nitrogen and oxygen atoms in total. The van der Waals surface area contributed by atoms with E-state index >= 15 is 0 Å². The van der Waals surface area contributed by atoms with Crippen LogP contribution in [0.2, 0.25) is 0 Å². The molecule has 0 bridgehead atoms. The molecule has 31 heavy (non-hydrogen) atoms. The van der Waals surface area contributed by atoms with Gasteiger partial charge >= 0.3 is 0 Å². The number of pyridine rings is 1. The smallest absolute Gasteiger partial charge is 0.237 e. The summed E-state index contributed by atoms with van der Waals surface area (Å²) in [4.78, 5) is 8.75. The standard InChI is InChI=1S/C21H23N7O2S/c1-12(2)14-4-7-24-28-20(14)30-13-9-21(3,29-10-13)16-8-17(27-26-16)25-19-18-15(5-6-22-19)23-11-31-18/h4-8,11-13H,9-10H2,1-3H3,(H2,22,25,26,27)/t13?,21-/m0/s1. The van der Waals surface area contributed by atoms with Crippen molar-refractivity contribution in [1.82, 2.24) is 30.4 Å². The van der Waals surface area contributed by atoms with Gasteiger partial charge in [-0.1, -0.05) is 13.8 Å². The lowest BCUT2D eigenvalue weighted by Crippen LogP contribution is -2.23. The second-order valence-corrected chi connectivity index (χ2v) is 8.94. The minimum absolute atomic E-state index is 0.119. The molecule has 2 atom stereocenters. The van der Waals surface area contributed by atoms with Crippen LogP contribution in [0, 0.1) is 0 Å². The molecule has 5 heterocycles. The van der Waals surface area contributed by atoms with Crippen LogP contribution in [0.5, 0.6) is 5.88 Å². The first-order valence-corrected chi connectivity index (χ1v) is 11.0. The summed E-state index contributed by atoms with van der Waals surface area (Å²) in [7, 11) is 0. The van der Waals surface area contributed by atoms with Crippen molar-refractivity contribution >= 4 is 33.2 Å². The molecule has 2 N–H and O–H groups in total.